The van der Waals surface area contributed by atoms with Crippen molar-refractivity contribution in [1.82, 2.24) is 4.98 Å². The molecule has 2 N–H and O–H groups in total. The summed E-state index contributed by atoms with van der Waals surface area (Å²) in [6.45, 7) is 2.26. The van der Waals surface area contributed by atoms with Crippen molar-refractivity contribution < 1.29 is 9.90 Å². The van der Waals surface area contributed by atoms with E-state index in [0.29, 0.717) is 23.3 Å². The van der Waals surface area contributed by atoms with Gasteiger partial charge in [0.1, 0.15) is 11.4 Å². The van der Waals surface area contributed by atoms with E-state index in [1.54, 1.807) is 0 Å². The van der Waals surface area contributed by atoms with Crippen LogP contribution in [0.1, 0.15) is 67.1 Å². The maximum atomic E-state index is 11.5. The zero-order chi connectivity index (χ0) is 14.8. The van der Waals surface area contributed by atoms with Crippen molar-refractivity contribution in [2.45, 2.75) is 64.3 Å². The van der Waals surface area contributed by atoms with Crippen LogP contribution in [0.25, 0.3) is 0 Å². The lowest BCUT2D eigenvalue weighted by atomic mass is 9.96. The topological polar surface area (TPSA) is 62.2 Å². The predicted octanol–water partition coefficient (Wildman–Crippen LogP) is 3.65. The Morgan fingerprint density at radius 1 is 1.24 bits per heavy atom. The SMILES string of the molecule is CC1CCCCCC1Nc1nc2c(cc1C(=O)O)CCC2. The third-order valence-electron chi connectivity index (χ3n) is 4.96. The maximum absolute atomic E-state index is 11.5. The summed E-state index contributed by atoms with van der Waals surface area (Å²) < 4.78 is 0. The van der Waals surface area contributed by atoms with Gasteiger partial charge in [0.05, 0.1) is 0 Å². The van der Waals surface area contributed by atoms with Crippen molar-refractivity contribution >= 4 is 11.8 Å². The standard InChI is InChI=1S/C17H24N2O2/c1-11-6-3-2-4-8-14(11)18-16-13(17(20)21)10-12-7-5-9-15(12)19-16/h10-11,14H,2-9H2,1H3,(H,18,19)(H,20,21). The van der Waals surface area contributed by atoms with Crippen LogP contribution in [-0.4, -0.2) is 22.1 Å². The summed E-state index contributed by atoms with van der Waals surface area (Å²) >= 11 is 0. The largest absolute Gasteiger partial charge is 0.478 e. The second-order valence-electron chi connectivity index (χ2n) is 6.52. The quantitative estimate of drug-likeness (QED) is 0.833. The Morgan fingerprint density at radius 3 is 2.86 bits per heavy atom. The lowest BCUT2D eigenvalue weighted by molar-refractivity contribution is 0.0697. The Kier molecular flexibility index (Phi) is 4.13. The van der Waals surface area contributed by atoms with Gasteiger partial charge >= 0.3 is 5.97 Å². The van der Waals surface area contributed by atoms with Crippen molar-refractivity contribution in [3.8, 4) is 0 Å². The first kappa shape index (κ1) is 14.4. The number of carboxylic acids is 1. The van der Waals surface area contributed by atoms with E-state index in [4.69, 9.17) is 0 Å². The number of aromatic nitrogens is 1. The molecule has 4 nitrogen and oxygen atoms in total. The number of hydrogen-bond donors (Lipinski definition) is 2. The molecule has 0 radical (unpaired) electrons. The number of fused-ring (bicyclic) bond motifs is 1. The van der Waals surface area contributed by atoms with Crippen LogP contribution in [0.3, 0.4) is 0 Å². The zero-order valence-electron chi connectivity index (χ0n) is 12.7. The fourth-order valence-corrected chi connectivity index (χ4v) is 3.63. The van der Waals surface area contributed by atoms with Gasteiger partial charge in [-0.15, -0.1) is 0 Å². The molecule has 1 aromatic rings. The van der Waals surface area contributed by atoms with Crippen LogP contribution in [-0.2, 0) is 12.8 Å². The number of nitrogens with one attached hydrogen (secondary N) is 1. The van der Waals surface area contributed by atoms with E-state index in [0.717, 1.165) is 36.9 Å². The first-order chi connectivity index (χ1) is 10.1. The Labute approximate surface area is 126 Å². The Bertz CT molecular complexity index is 542. The minimum Gasteiger partial charge on any atom is -0.478 e. The summed E-state index contributed by atoms with van der Waals surface area (Å²) in [5.74, 6) is 0.284. The number of pyridine rings is 1. The molecular weight excluding hydrogens is 264 g/mol. The minimum atomic E-state index is -0.874. The molecule has 1 aromatic heterocycles. The summed E-state index contributed by atoms with van der Waals surface area (Å²) in [5, 5.41) is 12.9. The number of aryl methyl sites for hydroxylation is 2. The predicted molar refractivity (Wildman–Crippen MR) is 82.9 cm³/mol. The van der Waals surface area contributed by atoms with Gasteiger partial charge in [0.2, 0.25) is 0 Å². The molecule has 0 spiro atoms. The van der Waals surface area contributed by atoms with Gasteiger partial charge in [-0.2, -0.15) is 0 Å². The van der Waals surface area contributed by atoms with Crippen LogP contribution >= 0.6 is 0 Å². The molecule has 1 fully saturated rings. The van der Waals surface area contributed by atoms with Crippen LogP contribution in [0, 0.1) is 5.92 Å². The van der Waals surface area contributed by atoms with Crippen LogP contribution in [0.2, 0.25) is 0 Å². The number of hydrogen-bond acceptors (Lipinski definition) is 3. The van der Waals surface area contributed by atoms with E-state index in [-0.39, 0.29) is 0 Å². The third-order valence-corrected chi connectivity index (χ3v) is 4.96. The Morgan fingerprint density at radius 2 is 2.05 bits per heavy atom. The van der Waals surface area contributed by atoms with Gasteiger partial charge < -0.3 is 10.4 Å². The van der Waals surface area contributed by atoms with Gasteiger partial charge in [-0.25, -0.2) is 9.78 Å². The molecule has 2 aliphatic carbocycles. The van der Waals surface area contributed by atoms with Crippen molar-refractivity contribution in [1.29, 1.82) is 0 Å². The highest BCUT2D eigenvalue weighted by atomic mass is 16.4. The first-order valence-corrected chi connectivity index (χ1v) is 8.18. The normalized spacial score (nSPS) is 25.2. The van der Waals surface area contributed by atoms with E-state index in [1.165, 1.54) is 25.7 Å². The highest BCUT2D eigenvalue weighted by Gasteiger charge is 2.24. The number of anilines is 1. The van der Waals surface area contributed by atoms with Crippen molar-refractivity contribution in [3.05, 3.63) is 22.9 Å². The number of aromatic carboxylic acids is 1. The van der Waals surface area contributed by atoms with Crippen LogP contribution in [0.5, 0.6) is 0 Å². The molecule has 0 aromatic carbocycles. The number of carbonyl (C=O) groups is 1. The fourth-order valence-electron chi connectivity index (χ4n) is 3.63. The molecule has 0 saturated heterocycles. The molecule has 0 aliphatic heterocycles. The second-order valence-corrected chi connectivity index (χ2v) is 6.52. The Hall–Kier alpha value is -1.58. The maximum Gasteiger partial charge on any atom is 0.339 e. The number of nitrogens with zero attached hydrogens (tertiary/aromatic N) is 1. The van der Waals surface area contributed by atoms with Gasteiger partial charge in [0, 0.05) is 11.7 Å². The van der Waals surface area contributed by atoms with Crippen molar-refractivity contribution in [2.24, 2.45) is 5.92 Å². The first-order valence-electron chi connectivity index (χ1n) is 8.18. The molecule has 1 saturated carbocycles. The minimum absolute atomic E-state index is 0.340. The molecule has 0 bridgehead atoms. The Balaban J connectivity index is 1.88. The number of carboxylic acid groups (broad SMARTS) is 1. The summed E-state index contributed by atoms with van der Waals surface area (Å²) in [6, 6.07) is 2.18. The summed E-state index contributed by atoms with van der Waals surface area (Å²) in [6.07, 6.45) is 9.13. The van der Waals surface area contributed by atoms with Gasteiger partial charge in [-0.3, -0.25) is 0 Å². The van der Waals surface area contributed by atoms with E-state index in [9.17, 15) is 9.90 Å². The van der Waals surface area contributed by atoms with Gasteiger partial charge in [-0.1, -0.05) is 26.2 Å². The summed E-state index contributed by atoms with van der Waals surface area (Å²) in [4.78, 5) is 16.2. The van der Waals surface area contributed by atoms with E-state index < -0.39 is 5.97 Å². The average Bonchev–Trinajstić information content (AvgIpc) is 2.82. The molecule has 21 heavy (non-hydrogen) atoms. The second kappa shape index (κ2) is 6.04. The zero-order valence-corrected chi connectivity index (χ0v) is 12.7. The average molecular weight is 288 g/mol. The molecule has 4 heteroatoms. The van der Waals surface area contributed by atoms with Crippen molar-refractivity contribution in [2.75, 3.05) is 5.32 Å². The molecule has 114 valence electrons. The fraction of sp³-hybridized carbons (Fsp3) is 0.647. The smallest absolute Gasteiger partial charge is 0.339 e. The van der Waals surface area contributed by atoms with E-state index in [1.807, 2.05) is 6.07 Å². The van der Waals surface area contributed by atoms with Crippen LogP contribution in [0.15, 0.2) is 6.07 Å². The molecule has 0 amide bonds. The van der Waals surface area contributed by atoms with E-state index in [2.05, 4.69) is 17.2 Å². The summed E-state index contributed by atoms with van der Waals surface area (Å²) in [5.41, 5.74) is 2.54. The summed E-state index contributed by atoms with van der Waals surface area (Å²) in [7, 11) is 0. The highest BCUT2D eigenvalue weighted by molar-refractivity contribution is 5.93. The lowest BCUT2D eigenvalue weighted by Gasteiger charge is -2.24. The molecule has 3 rings (SSSR count). The van der Waals surface area contributed by atoms with Gasteiger partial charge in [0.15, 0.2) is 0 Å². The van der Waals surface area contributed by atoms with Gasteiger partial charge in [0.25, 0.3) is 0 Å². The molecule has 2 unspecified atom stereocenters. The van der Waals surface area contributed by atoms with Crippen LogP contribution in [0.4, 0.5) is 5.82 Å². The van der Waals surface area contributed by atoms with Gasteiger partial charge in [-0.05, 0) is 49.7 Å². The molecular formula is C17H24N2O2. The van der Waals surface area contributed by atoms with E-state index >= 15 is 0 Å². The number of rotatable bonds is 3. The van der Waals surface area contributed by atoms with Crippen LogP contribution < -0.4 is 5.32 Å². The van der Waals surface area contributed by atoms with Crippen molar-refractivity contribution in [3.63, 3.8) is 0 Å². The molecule has 2 atom stereocenters. The lowest BCUT2D eigenvalue weighted by Crippen LogP contribution is -2.28. The molecule has 2 aliphatic rings. The third kappa shape index (κ3) is 3.04. The molecule has 1 heterocycles. The monoisotopic (exact) mass is 288 g/mol. The highest BCUT2D eigenvalue weighted by Crippen LogP contribution is 2.29.